The van der Waals surface area contributed by atoms with Crippen LogP contribution in [-0.2, 0) is 9.59 Å². The quantitative estimate of drug-likeness (QED) is 0.672. The standard InChI is InChI=1S/C23H22ClFN2O3/c1-14-9-11-26(12-10-14)21-20(15-3-6-17(30-2)7-4-15)22(28)27(23(21)29)16-5-8-19(25)18(24)13-16/h3-8,13-14H,9-12H2,1-2H3. The molecule has 0 saturated carbocycles. The Balaban J connectivity index is 1.80. The molecule has 4 rings (SSSR count). The van der Waals surface area contributed by atoms with Crippen molar-refractivity contribution < 1.29 is 18.7 Å². The molecule has 5 nitrogen and oxygen atoms in total. The average Bonchev–Trinajstić information content (AvgIpc) is 3.01. The lowest BCUT2D eigenvalue weighted by molar-refractivity contribution is -0.120. The lowest BCUT2D eigenvalue weighted by Gasteiger charge is -2.32. The number of hydrogen-bond donors (Lipinski definition) is 0. The molecule has 2 aromatic rings. The van der Waals surface area contributed by atoms with Crippen molar-refractivity contribution in [2.45, 2.75) is 19.8 Å². The Morgan fingerprint density at radius 1 is 1.03 bits per heavy atom. The summed E-state index contributed by atoms with van der Waals surface area (Å²) in [5, 5.41) is -0.139. The molecule has 7 heteroatoms. The fraction of sp³-hybridized carbons (Fsp3) is 0.304. The van der Waals surface area contributed by atoms with Crippen LogP contribution in [0.15, 0.2) is 48.2 Å². The fourth-order valence-electron chi connectivity index (χ4n) is 3.92. The summed E-state index contributed by atoms with van der Waals surface area (Å²) in [4.78, 5) is 30.0. The van der Waals surface area contributed by atoms with E-state index in [0.29, 0.717) is 41.6 Å². The highest BCUT2D eigenvalue weighted by molar-refractivity contribution is 6.45. The van der Waals surface area contributed by atoms with Crippen molar-refractivity contribution in [3.05, 3.63) is 64.6 Å². The van der Waals surface area contributed by atoms with Gasteiger partial charge in [0, 0.05) is 13.1 Å². The van der Waals surface area contributed by atoms with Gasteiger partial charge in [0.1, 0.15) is 17.3 Å². The number of anilines is 1. The zero-order chi connectivity index (χ0) is 21.4. The second-order valence-corrected chi connectivity index (χ2v) is 8.07. The molecule has 0 N–H and O–H groups in total. The third-order valence-corrected chi connectivity index (χ3v) is 5.99. The van der Waals surface area contributed by atoms with Crippen molar-refractivity contribution in [1.29, 1.82) is 0 Å². The number of likely N-dealkylation sites (tertiary alicyclic amines) is 1. The maximum Gasteiger partial charge on any atom is 0.282 e. The molecule has 0 bridgehead atoms. The summed E-state index contributed by atoms with van der Waals surface area (Å²) in [6.45, 7) is 3.59. The molecule has 156 valence electrons. The predicted octanol–water partition coefficient (Wildman–Crippen LogP) is 4.50. The van der Waals surface area contributed by atoms with Crippen molar-refractivity contribution in [3.8, 4) is 5.75 Å². The Bertz CT molecular complexity index is 1030. The Morgan fingerprint density at radius 3 is 2.30 bits per heavy atom. The molecule has 2 aliphatic rings. The first kappa shape index (κ1) is 20.4. The van der Waals surface area contributed by atoms with Crippen LogP contribution in [0.2, 0.25) is 5.02 Å². The monoisotopic (exact) mass is 428 g/mol. The minimum absolute atomic E-state index is 0.139. The highest BCUT2D eigenvalue weighted by atomic mass is 35.5. The van der Waals surface area contributed by atoms with Crippen LogP contribution in [0.5, 0.6) is 5.75 Å². The van der Waals surface area contributed by atoms with Crippen molar-refractivity contribution in [2.24, 2.45) is 5.92 Å². The van der Waals surface area contributed by atoms with E-state index < -0.39 is 17.6 Å². The first-order valence-corrected chi connectivity index (χ1v) is 10.3. The van der Waals surface area contributed by atoms with Gasteiger partial charge >= 0.3 is 0 Å². The molecule has 2 heterocycles. The summed E-state index contributed by atoms with van der Waals surface area (Å²) in [6, 6.07) is 10.9. The van der Waals surface area contributed by atoms with E-state index in [1.54, 1.807) is 31.4 Å². The summed E-state index contributed by atoms with van der Waals surface area (Å²) in [5.74, 6) is -0.227. The molecule has 0 aliphatic carbocycles. The summed E-state index contributed by atoms with van der Waals surface area (Å²) >= 11 is 5.91. The number of halogens is 2. The maximum atomic E-state index is 13.6. The third kappa shape index (κ3) is 3.56. The van der Waals surface area contributed by atoms with Crippen LogP contribution in [0, 0.1) is 11.7 Å². The Kier molecular flexibility index (Phi) is 5.52. The predicted molar refractivity (Wildman–Crippen MR) is 114 cm³/mol. The van der Waals surface area contributed by atoms with Gasteiger partial charge in [0.2, 0.25) is 0 Å². The second kappa shape index (κ2) is 8.11. The van der Waals surface area contributed by atoms with E-state index in [1.807, 2.05) is 4.90 Å². The minimum Gasteiger partial charge on any atom is -0.497 e. The van der Waals surface area contributed by atoms with Crippen LogP contribution in [0.3, 0.4) is 0 Å². The number of piperidine rings is 1. The van der Waals surface area contributed by atoms with Crippen LogP contribution >= 0.6 is 11.6 Å². The van der Waals surface area contributed by atoms with Gasteiger partial charge in [0.05, 0.1) is 23.4 Å². The average molecular weight is 429 g/mol. The summed E-state index contributed by atoms with van der Waals surface area (Å²) < 4.78 is 18.9. The van der Waals surface area contributed by atoms with Gasteiger partial charge in [-0.05, 0) is 54.7 Å². The van der Waals surface area contributed by atoms with Crippen LogP contribution in [0.4, 0.5) is 10.1 Å². The molecule has 0 radical (unpaired) electrons. The molecular weight excluding hydrogens is 407 g/mol. The smallest absolute Gasteiger partial charge is 0.282 e. The van der Waals surface area contributed by atoms with Crippen molar-refractivity contribution >= 4 is 34.7 Å². The van der Waals surface area contributed by atoms with E-state index in [0.717, 1.165) is 23.8 Å². The number of carbonyl (C=O) groups is 2. The van der Waals surface area contributed by atoms with Gasteiger partial charge in [-0.3, -0.25) is 9.59 Å². The first-order chi connectivity index (χ1) is 14.4. The van der Waals surface area contributed by atoms with E-state index in [9.17, 15) is 14.0 Å². The number of benzene rings is 2. The van der Waals surface area contributed by atoms with Crippen LogP contribution < -0.4 is 9.64 Å². The molecule has 30 heavy (non-hydrogen) atoms. The van der Waals surface area contributed by atoms with Gasteiger partial charge in [0.15, 0.2) is 0 Å². The molecule has 1 saturated heterocycles. The van der Waals surface area contributed by atoms with Gasteiger partial charge in [0.25, 0.3) is 11.8 Å². The minimum atomic E-state index is -0.604. The number of ether oxygens (including phenoxy) is 1. The van der Waals surface area contributed by atoms with Crippen molar-refractivity contribution in [3.63, 3.8) is 0 Å². The van der Waals surface area contributed by atoms with E-state index in [4.69, 9.17) is 16.3 Å². The van der Waals surface area contributed by atoms with Crippen LogP contribution in [-0.4, -0.2) is 36.9 Å². The number of methoxy groups -OCH3 is 1. The molecular formula is C23H22ClFN2O3. The number of nitrogens with zero attached hydrogens (tertiary/aromatic N) is 2. The lowest BCUT2D eigenvalue weighted by Crippen LogP contribution is -2.38. The summed E-state index contributed by atoms with van der Waals surface area (Å²) in [5.41, 5.74) is 1.62. The SMILES string of the molecule is COc1ccc(C2=C(N3CCC(C)CC3)C(=O)N(c3ccc(F)c(Cl)c3)C2=O)cc1. The summed E-state index contributed by atoms with van der Waals surface area (Å²) in [6.07, 6.45) is 1.90. The topological polar surface area (TPSA) is 49.9 Å². The van der Waals surface area contributed by atoms with E-state index in [-0.39, 0.29) is 10.7 Å². The van der Waals surface area contributed by atoms with Gasteiger partial charge in [-0.25, -0.2) is 9.29 Å². The number of hydrogen-bond acceptors (Lipinski definition) is 4. The van der Waals surface area contributed by atoms with Gasteiger partial charge in [-0.15, -0.1) is 0 Å². The first-order valence-electron chi connectivity index (χ1n) is 9.88. The maximum absolute atomic E-state index is 13.6. The Hall–Kier alpha value is -2.86. The largest absolute Gasteiger partial charge is 0.497 e. The van der Waals surface area contributed by atoms with Gasteiger partial charge in [-0.2, -0.15) is 0 Å². The molecule has 2 aromatic carbocycles. The van der Waals surface area contributed by atoms with E-state index >= 15 is 0 Å². The summed E-state index contributed by atoms with van der Waals surface area (Å²) in [7, 11) is 1.57. The van der Waals surface area contributed by atoms with Crippen molar-refractivity contribution in [1.82, 2.24) is 4.90 Å². The van der Waals surface area contributed by atoms with Crippen LogP contribution in [0.1, 0.15) is 25.3 Å². The zero-order valence-corrected chi connectivity index (χ0v) is 17.6. The third-order valence-electron chi connectivity index (χ3n) is 5.70. The number of carbonyl (C=O) groups excluding carboxylic acids is 2. The zero-order valence-electron chi connectivity index (χ0n) is 16.8. The highest BCUT2D eigenvalue weighted by Crippen LogP contribution is 2.37. The van der Waals surface area contributed by atoms with Crippen LogP contribution in [0.25, 0.3) is 5.57 Å². The van der Waals surface area contributed by atoms with E-state index in [1.165, 1.54) is 12.1 Å². The molecule has 0 spiro atoms. The van der Waals surface area contributed by atoms with Gasteiger partial charge < -0.3 is 9.64 Å². The number of imide groups is 1. The highest BCUT2D eigenvalue weighted by Gasteiger charge is 2.43. The normalized spacial score (nSPS) is 17.9. The number of rotatable bonds is 4. The molecule has 2 aliphatic heterocycles. The Morgan fingerprint density at radius 2 is 1.70 bits per heavy atom. The molecule has 2 amide bonds. The molecule has 0 unspecified atom stereocenters. The molecule has 0 aromatic heterocycles. The van der Waals surface area contributed by atoms with E-state index in [2.05, 4.69) is 6.92 Å². The van der Waals surface area contributed by atoms with Crippen molar-refractivity contribution in [2.75, 3.05) is 25.1 Å². The Labute approximate surface area is 179 Å². The molecule has 0 atom stereocenters. The lowest BCUT2D eigenvalue weighted by atomic mass is 9.97. The number of amides is 2. The fourth-order valence-corrected chi connectivity index (χ4v) is 4.10. The van der Waals surface area contributed by atoms with Gasteiger partial charge in [-0.1, -0.05) is 30.7 Å². The second-order valence-electron chi connectivity index (χ2n) is 7.67. The molecule has 1 fully saturated rings.